The molecule has 1 rings (SSSR count). The lowest BCUT2D eigenvalue weighted by atomic mass is 10.5. The van der Waals surface area contributed by atoms with Gasteiger partial charge in [-0.3, -0.25) is 0 Å². The molecule has 0 bridgehead atoms. The van der Waals surface area contributed by atoms with Crippen LogP contribution in [0.5, 0.6) is 0 Å². The summed E-state index contributed by atoms with van der Waals surface area (Å²) < 4.78 is 3.50. The van der Waals surface area contributed by atoms with E-state index in [1.165, 1.54) is 0 Å². The molecule has 0 aliphatic carbocycles. The van der Waals surface area contributed by atoms with E-state index in [1.54, 1.807) is 6.20 Å². The Morgan fingerprint density at radius 2 is 1.60 bits per heavy atom. The summed E-state index contributed by atoms with van der Waals surface area (Å²) in [4.78, 5) is 14.5. The van der Waals surface area contributed by atoms with Gasteiger partial charge in [0.2, 0.25) is 0 Å². The van der Waals surface area contributed by atoms with Crippen LogP contribution in [0.25, 0.3) is 0 Å². The van der Waals surface area contributed by atoms with E-state index in [1.807, 2.05) is 25.2 Å². The smallest absolute Gasteiger partial charge is 0.382 e. The van der Waals surface area contributed by atoms with Gasteiger partial charge in [-0.1, -0.05) is 6.07 Å². The average molecular weight is 405 g/mol. The number of pyridine rings is 1. The summed E-state index contributed by atoms with van der Waals surface area (Å²) in [5.74, 6) is 0.910. The Morgan fingerprint density at radius 3 is 1.85 bits per heavy atom. The third-order valence-corrected chi connectivity index (χ3v) is 1.78. The molecule has 0 aromatic carbocycles. The van der Waals surface area contributed by atoms with Gasteiger partial charge in [-0.15, -0.1) is 0 Å². The van der Waals surface area contributed by atoms with Crippen LogP contribution in [0.2, 0.25) is 0 Å². The molecule has 1 N–H and O–H groups in total. The molecular weight excluding hydrogens is 397 g/mol. The summed E-state index contributed by atoms with van der Waals surface area (Å²) in [7, 11) is 1.85. The maximum absolute atomic E-state index is 10.5. The van der Waals surface area contributed by atoms with Crippen molar-refractivity contribution >= 4 is 81.6 Å². The van der Waals surface area contributed by atoms with Crippen molar-refractivity contribution < 1.29 is 14.3 Å². The molecule has 0 fully saturated rings. The number of nitrogens with one attached hydrogen (secondary N) is 1. The molecule has 0 aliphatic heterocycles. The van der Waals surface area contributed by atoms with E-state index in [0.29, 0.717) is 0 Å². The van der Waals surface area contributed by atoms with E-state index in [0.717, 1.165) is 5.82 Å². The SMILES string of the molecule is CNc1ccccn1.O=C(OC(Cl)(Cl)Cl)OC(Cl)(Cl)Cl. The summed E-state index contributed by atoms with van der Waals surface area (Å²) in [5, 5.41) is 2.92. The van der Waals surface area contributed by atoms with Crippen LogP contribution >= 0.6 is 69.6 Å². The fourth-order valence-electron chi connectivity index (χ4n) is 0.720. The molecule has 0 unspecified atom stereocenters. The Kier molecular flexibility index (Phi) is 9.06. The standard InChI is InChI=1S/C6H8N2.C3Cl6O3/c1-7-6-4-2-3-5-8-6;4-2(5,6)11-1(10)12-3(7,8)9/h2-5H,1H3,(H,7,8);. The van der Waals surface area contributed by atoms with Crippen molar-refractivity contribution in [1.29, 1.82) is 0 Å². The summed E-state index contributed by atoms with van der Waals surface area (Å²) >= 11 is 30.2. The van der Waals surface area contributed by atoms with E-state index in [-0.39, 0.29) is 0 Å². The van der Waals surface area contributed by atoms with Crippen LogP contribution in [0.1, 0.15) is 0 Å². The number of alkyl halides is 6. The average Bonchev–Trinajstić information content (AvgIpc) is 2.25. The van der Waals surface area contributed by atoms with E-state index in [2.05, 4.69) is 19.8 Å². The van der Waals surface area contributed by atoms with Crippen LogP contribution in [-0.2, 0) is 9.47 Å². The van der Waals surface area contributed by atoms with Crippen LogP contribution < -0.4 is 5.32 Å². The second-order valence-corrected chi connectivity index (χ2v) is 7.16. The lowest BCUT2D eigenvalue weighted by molar-refractivity contribution is 0.0508. The summed E-state index contributed by atoms with van der Waals surface area (Å²) in [6.07, 6.45) is 0.348. The van der Waals surface area contributed by atoms with Gasteiger partial charge < -0.3 is 14.8 Å². The van der Waals surface area contributed by atoms with Crippen molar-refractivity contribution in [3.63, 3.8) is 0 Å². The van der Waals surface area contributed by atoms with Gasteiger partial charge >= 0.3 is 14.1 Å². The molecule has 1 heterocycles. The maximum atomic E-state index is 10.5. The van der Waals surface area contributed by atoms with Crippen LogP contribution in [0.3, 0.4) is 0 Å². The molecule has 114 valence electrons. The molecule has 1 aromatic rings. The highest BCUT2D eigenvalue weighted by atomic mass is 35.6. The van der Waals surface area contributed by atoms with Crippen molar-refractivity contribution in [2.75, 3.05) is 12.4 Å². The van der Waals surface area contributed by atoms with E-state index >= 15 is 0 Å². The molecule has 11 heteroatoms. The van der Waals surface area contributed by atoms with E-state index in [9.17, 15) is 4.79 Å². The Bertz CT molecular complexity index is 388. The number of rotatable bonds is 1. The van der Waals surface area contributed by atoms with Gasteiger partial charge in [0, 0.05) is 13.2 Å². The third-order valence-electron chi connectivity index (χ3n) is 1.32. The highest BCUT2D eigenvalue weighted by Crippen LogP contribution is 2.32. The highest BCUT2D eigenvalue weighted by Gasteiger charge is 2.32. The van der Waals surface area contributed by atoms with Gasteiger partial charge in [0.1, 0.15) is 5.82 Å². The van der Waals surface area contributed by atoms with Gasteiger partial charge in [-0.25, -0.2) is 9.78 Å². The molecule has 5 nitrogen and oxygen atoms in total. The fraction of sp³-hybridized carbons (Fsp3) is 0.333. The zero-order valence-electron chi connectivity index (χ0n) is 9.75. The summed E-state index contributed by atoms with van der Waals surface area (Å²) in [5.41, 5.74) is 0. The number of carbonyl (C=O) groups excluding carboxylic acids is 1. The van der Waals surface area contributed by atoms with Crippen molar-refractivity contribution in [3.05, 3.63) is 24.4 Å². The molecule has 0 aliphatic rings. The first-order valence-corrected chi connectivity index (χ1v) is 6.94. The van der Waals surface area contributed by atoms with Crippen LogP contribution in [0.15, 0.2) is 24.4 Å². The zero-order chi connectivity index (χ0) is 15.8. The number of aromatic nitrogens is 1. The van der Waals surface area contributed by atoms with Crippen LogP contribution in [-0.4, -0.2) is 26.1 Å². The molecule has 0 atom stereocenters. The number of anilines is 1. The number of halogens is 6. The Hall–Kier alpha value is -0.0400. The predicted octanol–water partition coefficient (Wildman–Crippen LogP) is 4.92. The van der Waals surface area contributed by atoms with E-state index in [4.69, 9.17) is 69.6 Å². The second-order valence-electron chi connectivity index (χ2n) is 2.81. The number of hydrogen-bond acceptors (Lipinski definition) is 5. The highest BCUT2D eigenvalue weighted by molar-refractivity contribution is 6.67. The molecule has 0 saturated carbocycles. The molecule has 0 saturated heterocycles. The largest absolute Gasteiger partial charge is 0.515 e. The molecular formula is C9H8Cl6N2O3. The third kappa shape index (κ3) is 13.0. The molecule has 0 spiro atoms. The van der Waals surface area contributed by atoms with Crippen molar-refractivity contribution in [3.8, 4) is 0 Å². The predicted molar refractivity (Wildman–Crippen MR) is 81.9 cm³/mol. The van der Waals surface area contributed by atoms with Gasteiger partial charge in [-0.2, -0.15) is 0 Å². The van der Waals surface area contributed by atoms with Gasteiger partial charge in [-0.05, 0) is 81.7 Å². The first-order valence-electron chi connectivity index (χ1n) is 4.67. The van der Waals surface area contributed by atoms with Crippen molar-refractivity contribution in [2.24, 2.45) is 0 Å². The Labute approximate surface area is 145 Å². The number of carbonyl (C=O) groups is 1. The van der Waals surface area contributed by atoms with Crippen LogP contribution in [0, 0.1) is 0 Å². The normalized spacial score (nSPS) is 10.9. The minimum absolute atomic E-state index is 0.910. The minimum Gasteiger partial charge on any atom is -0.382 e. The number of hydrogen-bond donors (Lipinski definition) is 1. The van der Waals surface area contributed by atoms with Crippen molar-refractivity contribution in [1.82, 2.24) is 4.98 Å². The summed E-state index contributed by atoms with van der Waals surface area (Å²) in [6.45, 7) is 0. The monoisotopic (exact) mass is 402 g/mol. The Morgan fingerprint density at radius 1 is 1.10 bits per heavy atom. The van der Waals surface area contributed by atoms with Gasteiger partial charge in [0.15, 0.2) is 0 Å². The van der Waals surface area contributed by atoms with Gasteiger partial charge in [0.25, 0.3) is 0 Å². The fourth-order valence-corrected chi connectivity index (χ4v) is 1.10. The summed E-state index contributed by atoms with van der Waals surface area (Å²) in [6, 6.07) is 5.75. The topological polar surface area (TPSA) is 60.5 Å². The first-order chi connectivity index (χ1) is 9.03. The van der Waals surface area contributed by atoms with Gasteiger partial charge in [0.05, 0.1) is 0 Å². The maximum Gasteiger partial charge on any atom is 0.515 e. The van der Waals surface area contributed by atoms with Crippen molar-refractivity contribution in [2.45, 2.75) is 7.96 Å². The zero-order valence-corrected chi connectivity index (χ0v) is 14.3. The molecule has 1 aromatic heterocycles. The molecule has 0 amide bonds. The number of ether oxygens (including phenoxy) is 2. The lowest BCUT2D eigenvalue weighted by Crippen LogP contribution is -2.22. The molecule has 20 heavy (non-hydrogen) atoms. The second kappa shape index (κ2) is 9.07. The molecule has 0 radical (unpaired) electrons. The van der Waals surface area contributed by atoms with E-state index < -0.39 is 14.1 Å². The minimum atomic E-state index is -2.24. The first kappa shape index (κ1) is 20.0. The van der Waals surface area contributed by atoms with Crippen LogP contribution in [0.4, 0.5) is 10.6 Å². The lowest BCUT2D eigenvalue weighted by Gasteiger charge is -2.15. The quantitative estimate of drug-likeness (QED) is 0.531. The Balaban J connectivity index is 0.000000388. The number of nitrogens with zero attached hydrogens (tertiary/aromatic N) is 1.